The summed E-state index contributed by atoms with van der Waals surface area (Å²) in [5.41, 5.74) is 0. The molecule has 1 aliphatic heterocycles. The zero-order chi connectivity index (χ0) is 11.8. The molecule has 0 aliphatic carbocycles. The number of amides is 1. The molecule has 0 aromatic carbocycles. The highest BCUT2D eigenvalue weighted by molar-refractivity contribution is 5.75. The molecular weight excluding hydrogens is 186 g/mol. The van der Waals surface area contributed by atoms with Gasteiger partial charge in [-0.1, -0.05) is 34.6 Å². The SMILES string of the molecule is CC.CCC(=O)N1CCCC(C(C)C)C1. The van der Waals surface area contributed by atoms with E-state index in [0.29, 0.717) is 18.2 Å². The molecule has 0 bridgehead atoms. The minimum Gasteiger partial charge on any atom is -0.342 e. The Hall–Kier alpha value is -0.530. The van der Waals surface area contributed by atoms with Crippen molar-refractivity contribution in [3.8, 4) is 0 Å². The Morgan fingerprint density at radius 2 is 2.00 bits per heavy atom. The normalized spacial score (nSPS) is 20.9. The van der Waals surface area contributed by atoms with Crippen molar-refractivity contribution in [2.75, 3.05) is 13.1 Å². The predicted octanol–water partition coefficient (Wildman–Crippen LogP) is 3.32. The van der Waals surface area contributed by atoms with Gasteiger partial charge in [0.1, 0.15) is 0 Å². The molecule has 0 aromatic heterocycles. The molecular formula is C13H27NO. The molecule has 1 unspecified atom stereocenters. The third-order valence-electron chi connectivity index (χ3n) is 3.06. The van der Waals surface area contributed by atoms with Gasteiger partial charge in [-0.25, -0.2) is 0 Å². The summed E-state index contributed by atoms with van der Waals surface area (Å²) in [6, 6.07) is 0. The maximum absolute atomic E-state index is 11.5. The number of likely N-dealkylation sites (tertiary alicyclic amines) is 1. The van der Waals surface area contributed by atoms with Crippen LogP contribution in [0.5, 0.6) is 0 Å². The highest BCUT2D eigenvalue weighted by atomic mass is 16.2. The Morgan fingerprint density at radius 1 is 1.40 bits per heavy atom. The highest BCUT2D eigenvalue weighted by Crippen LogP contribution is 2.23. The van der Waals surface area contributed by atoms with Crippen LogP contribution in [0.15, 0.2) is 0 Å². The van der Waals surface area contributed by atoms with E-state index < -0.39 is 0 Å². The van der Waals surface area contributed by atoms with E-state index in [-0.39, 0.29) is 0 Å². The second-order valence-corrected chi connectivity index (χ2v) is 4.34. The first-order valence-corrected chi connectivity index (χ1v) is 6.43. The van der Waals surface area contributed by atoms with Crippen LogP contribution < -0.4 is 0 Å². The molecule has 1 fully saturated rings. The van der Waals surface area contributed by atoms with E-state index in [9.17, 15) is 4.79 Å². The van der Waals surface area contributed by atoms with Crippen molar-refractivity contribution in [2.24, 2.45) is 11.8 Å². The number of nitrogens with zero attached hydrogens (tertiary/aromatic N) is 1. The minimum absolute atomic E-state index is 0.324. The molecule has 90 valence electrons. The monoisotopic (exact) mass is 213 g/mol. The van der Waals surface area contributed by atoms with Gasteiger partial charge in [0.15, 0.2) is 0 Å². The van der Waals surface area contributed by atoms with Crippen molar-refractivity contribution in [2.45, 2.75) is 53.9 Å². The Balaban J connectivity index is 0.000000921. The third-order valence-corrected chi connectivity index (χ3v) is 3.06. The van der Waals surface area contributed by atoms with Gasteiger partial charge in [-0.2, -0.15) is 0 Å². The number of hydrogen-bond donors (Lipinski definition) is 0. The first kappa shape index (κ1) is 14.5. The molecule has 1 aliphatic rings. The van der Waals surface area contributed by atoms with Crippen molar-refractivity contribution in [3.05, 3.63) is 0 Å². The number of carbonyl (C=O) groups is 1. The van der Waals surface area contributed by atoms with Crippen LogP contribution in [0, 0.1) is 11.8 Å². The number of carbonyl (C=O) groups excluding carboxylic acids is 1. The van der Waals surface area contributed by atoms with Crippen LogP contribution >= 0.6 is 0 Å². The average Bonchev–Trinajstić information content (AvgIpc) is 2.30. The smallest absolute Gasteiger partial charge is 0.222 e. The number of hydrogen-bond acceptors (Lipinski definition) is 1. The van der Waals surface area contributed by atoms with E-state index in [1.807, 2.05) is 25.7 Å². The molecule has 1 saturated heterocycles. The van der Waals surface area contributed by atoms with E-state index in [0.717, 1.165) is 19.0 Å². The topological polar surface area (TPSA) is 20.3 Å². The van der Waals surface area contributed by atoms with Crippen molar-refractivity contribution in [3.63, 3.8) is 0 Å². The van der Waals surface area contributed by atoms with Crippen LogP contribution in [0.3, 0.4) is 0 Å². The van der Waals surface area contributed by atoms with Crippen molar-refractivity contribution in [1.29, 1.82) is 0 Å². The summed E-state index contributed by atoms with van der Waals surface area (Å²) in [5.74, 6) is 1.77. The van der Waals surface area contributed by atoms with E-state index in [1.54, 1.807) is 0 Å². The molecule has 0 saturated carbocycles. The van der Waals surface area contributed by atoms with Crippen molar-refractivity contribution < 1.29 is 4.79 Å². The molecule has 0 aromatic rings. The van der Waals surface area contributed by atoms with Gasteiger partial charge in [-0.3, -0.25) is 4.79 Å². The Kier molecular flexibility index (Phi) is 7.45. The van der Waals surface area contributed by atoms with Crippen LogP contribution in [-0.2, 0) is 4.79 Å². The molecule has 1 amide bonds. The van der Waals surface area contributed by atoms with E-state index >= 15 is 0 Å². The standard InChI is InChI=1S/C11H21NO.C2H6/c1-4-11(13)12-7-5-6-10(8-12)9(2)3;1-2/h9-10H,4-8H2,1-3H3;1-2H3. The van der Waals surface area contributed by atoms with Crippen LogP contribution in [0.2, 0.25) is 0 Å². The Bertz CT molecular complexity index is 177. The molecule has 2 nitrogen and oxygen atoms in total. The molecule has 0 radical (unpaired) electrons. The van der Waals surface area contributed by atoms with Gasteiger partial charge in [0.05, 0.1) is 0 Å². The second kappa shape index (κ2) is 7.72. The minimum atomic E-state index is 0.324. The van der Waals surface area contributed by atoms with Crippen LogP contribution in [-0.4, -0.2) is 23.9 Å². The lowest BCUT2D eigenvalue weighted by molar-refractivity contribution is -0.132. The fourth-order valence-corrected chi connectivity index (χ4v) is 2.00. The summed E-state index contributed by atoms with van der Waals surface area (Å²) in [4.78, 5) is 13.5. The molecule has 1 rings (SSSR count). The van der Waals surface area contributed by atoms with Gasteiger partial charge >= 0.3 is 0 Å². The van der Waals surface area contributed by atoms with Gasteiger partial charge in [-0.05, 0) is 24.7 Å². The summed E-state index contributed by atoms with van der Waals surface area (Å²) in [6.45, 7) is 12.4. The van der Waals surface area contributed by atoms with Gasteiger partial charge < -0.3 is 4.90 Å². The maximum Gasteiger partial charge on any atom is 0.222 e. The van der Waals surface area contributed by atoms with Gasteiger partial charge in [0, 0.05) is 19.5 Å². The lowest BCUT2D eigenvalue weighted by Gasteiger charge is -2.34. The maximum atomic E-state index is 11.5. The van der Waals surface area contributed by atoms with E-state index in [1.165, 1.54) is 12.8 Å². The number of piperidine rings is 1. The van der Waals surface area contributed by atoms with Gasteiger partial charge in [-0.15, -0.1) is 0 Å². The summed E-state index contributed by atoms with van der Waals surface area (Å²) >= 11 is 0. The lowest BCUT2D eigenvalue weighted by atomic mass is 9.88. The highest BCUT2D eigenvalue weighted by Gasteiger charge is 2.24. The summed E-state index contributed by atoms with van der Waals surface area (Å²) < 4.78 is 0. The van der Waals surface area contributed by atoms with Crippen LogP contribution in [0.25, 0.3) is 0 Å². The Morgan fingerprint density at radius 3 is 2.47 bits per heavy atom. The fourth-order valence-electron chi connectivity index (χ4n) is 2.00. The third kappa shape index (κ3) is 4.67. The van der Waals surface area contributed by atoms with E-state index in [2.05, 4.69) is 13.8 Å². The van der Waals surface area contributed by atoms with Crippen LogP contribution in [0.1, 0.15) is 53.9 Å². The van der Waals surface area contributed by atoms with Gasteiger partial charge in [0.25, 0.3) is 0 Å². The number of rotatable bonds is 2. The fraction of sp³-hybridized carbons (Fsp3) is 0.923. The first-order valence-electron chi connectivity index (χ1n) is 6.43. The molecule has 15 heavy (non-hydrogen) atoms. The molecule has 1 heterocycles. The molecule has 2 heteroatoms. The molecule has 1 atom stereocenters. The van der Waals surface area contributed by atoms with E-state index in [4.69, 9.17) is 0 Å². The zero-order valence-corrected chi connectivity index (χ0v) is 11.0. The largest absolute Gasteiger partial charge is 0.342 e. The first-order chi connectivity index (χ1) is 7.15. The van der Waals surface area contributed by atoms with Gasteiger partial charge in [0.2, 0.25) is 5.91 Å². The van der Waals surface area contributed by atoms with Crippen LogP contribution in [0.4, 0.5) is 0 Å². The summed E-state index contributed by atoms with van der Waals surface area (Å²) in [6.07, 6.45) is 3.14. The summed E-state index contributed by atoms with van der Waals surface area (Å²) in [5, 5.41) is 0. The lowest BCUT2D eigenvalue weighted by Crippen LogP contribution is -2.40. The Labute approximate surface area is 95.0 Å². The van der Waals surface area contributed by atoms with Crippen molar-refractivity contribution in [1.82, 2.24) is 4.90 Å². The van der Waals surface area contributed by atoms with Crippen molar-refractivity contribution >= 4 is 5.91 Å². The summed E-state index contributed by atoms with van der Waals surface area (Å²) in [7, 11) is 0. The quantitative estimate of drug-likeness (QED) is 0.689. The zero-order valence-electron chi connectivity index (χ0n) is 11.0. The molecule has 0 spiro atoms. The average molecular weight is 213 g/mol. The molecule has 0 N–H and O–H groups in total. The second-order valence-electron chi connectivity index (χ2n) is 4.34. The predicted molar refractivity (Wildman–Crippen MR) is 65.8 cm³/mol.